The molecule has 3 fully saturated rings. The lowest BCUT2D eigenvalue weighted by atomic mass is 9.95. The third kappa shape index (κ3) is 37.0. The van der Waals surface area contributed by atoms with Crippen LogP contribution in [0, 0.1) is 17.8 Å². The predicted molar refractivity (Wildman–Crippen MR) is 356 cm³/mol. The number of hydrogen-bond donors (Lipinski definition) is 10. The SMILES string of the molecule is CC(C)CCCCCCCCCCCCCC(=O)N[C@H]1[C@H](O[C@H]2[C@@H](OCC(COC(=O)CCCCCCCCCCCCCC(C)C)OC(=O)CCCCCCCCCCCCCC(C)C)O[C@H](CO)[C@@H](O)[C@@H]2O)O[C@H](CO[C@H]2O[C@H](CO)[C@H](O)[C@H](O)[C@H]2O)[C@@H](O)[C@@H]1O. The number of unbranched alkanes of at least 4 members (excludes halogenated alkanes) is 30. The van der Waals surface area contributed by atoms with Gasteiger partial charge in [-0.15, -0.1) is 0 Å². The molecule has 0 aromatic carbocycles. The van der Waals surface area contributed by atoms with Crippen LogP contribution in [0.4, 0.5) is 0 Å². The number of carbonyl (C=O) groups excluding carboxylic acids is 3. The fourth-order valence-electron chi connectivity index (χ4n) is 12.6. The number of carbonyl (C=O) groups is 3. The molecule has 0 aromatic heterocycles. The first-order valence-electron chi connectivity index (χ1n) is 37.2. The lowest BCUT2D eigenvalue weighted by molar-refractivity contribution is -0.362. The smallest absolute Gasteiger partial charge is 0.306 e. The molecule has 3 heterocycles. The van der Waals surface area contributed by atoms with E-state index in [0.29, 0.717) is 19.3 Å². The molecule has 1 unspecified atom stereocenters. The largest absolute Gasteiger partial charge is 0.462 e. The van der Waals surface area contributed by atoms with Gasteiger partial charge in [0, 0.05) is 19.3 Å². The number of rotatable bonds is 56. The summed E-state index contributed by atoms with van der Waals surface area (Å²) in [6, 6.07) is -1.54. The van der Waals surface area contributed by atoms with Crippen molar-refractivity contribution in [1.29, 1.82) is 0 Å². The van der Waals surface area contributed by atoms with Gasteiger partial charge in [-0.1, -0.05) is 253 Å². The fraction of sp³-hybridized carbons (Fsp3) is 0.958. The second kappa shape index (κ2) is 51.9. The van der Waals surface area contributed by atoms with Gasteiger partial charge in [0.05, 0.1) is 26.4 Å². The second-order valence-corrected chi connectivity index (χ2v) is 28.5. The topological polar surface area (TPSA) is 319 Å². The Morgan fingerprint density at radius 1 is 0.376 bits per heavy atom. The molecular formula is C72H135NO20. The maximum absolute atomic E-state index is 13.7. The monoisotopic (exact) mass is 1330 g/mol. The molecule has 0 spiro atoms. The Bertz CT molecular complexity index is 1850. The van der Waals surface area contributed by atoms with Gasteiger partial charge in [0.25, 0.3) is 0 Å². The summed E-state index contributed by atoms with van der Waals surface area (Å²) in [4.78, 5) is 40.4. The molecule has 21 nitrogen and oxygen atoms in total. The Hall–Kier alpha value is -2.19. The maximum atomic E-state index is 13.7. The van der Waals surface area contributed by atoms with Crippen molar-refractivity contribution in [1.82, 2.24) is 5.32 Å². The predicted octanol–water partition coefficient (Wildman–Crippen LogP) is 10.2. The van der Waals surface area contributed by atoms with Crippen molar-refractivity contribution in [3.05, 3.63) is 0 Å². The van der Waals surface area contributed by atoms with Gasteiger partial charge in [0.15, 0.2) is 25.0 Å². The van der Waals surface area contributed by atoms with Crippen LogP contribution >= 0.6 is 0 Å². The van der Waals surface area contributed by atoms with Crippen molar-refractivity contribution in [3.63, 3.8) is 0 Å². The van der Waals surface area contributed by atoms with Crippen molar-refractivity contribution in [2.75, 3.05) is 33.0 Å². The van der Waals surface area contributed by atoms with E-state index in [-0.39, 0.29) is 25.9 Å². The summed E-state index contributed by atoms with van der Waals surface area (Å²) in [7, 11) is 0. The van der Waals surface area contributed by atoms with E-state index in [2.05, 4.69) is 46.9 Å². The van der Waals surface area contributed by atoms with Crippen molar-refractivity contribution in [2.24, 2.45) is 17.8 Å². The maximum Gasteiger partial charge on any atom is 0.306 e. The molecule has 93 heavy (non-hydrogen) atoms. The Labute approximate surface area is 560 Å². The van der Waals surface area contributed by atoms with Crippen molar-refractivity contribution in [2.45, 2.75) is 390 Å². The first-order valence-corrected chi connectivity index (χ1v) is 37.2. The molecule has 3 aliphatic rings. The minimum atomic E-state index is -1.90. The Morgan fingerprint density at radius 2 is 0.742 bits per heavy atom. The molecule has 0 bridgehead atoms. The lowest BCUT2D eigenvalue weighted by Crippen LogP contribution is -2.68. The van der Waals surface area contributed by atoms with E-state index in [9.17, 15) is 60.3 Å². The van der Waals surface area contributed by atoms with Crippen LogP contribution in [0.3, 0.4) is 0 Å². The minimum Gasteiger partial charge on any atom is -0.462 e. The zero-order chi connectivity index (χ0) is 68.2. The molecule has 3 saturated heterocycles. The fourth-order valence-corrected chi connectivity index (χ4v) is 12.6. The number of ether oxygens (including phenoxy) is 8. The molecule has 3 rings (SSSR count). The third-order valence-corrected chi connectivity index (χ3v) is 18.6. The zero-order valence-electron chi connectivity index (χ0n) is 58.6. The molecule has 1 amide bonds. The standard InChI is InChI=1S/C72H135NO20/c1-51(2)40-34-28-22-16-10-7-13-19-25-31-37-43-58(76)73-61-65(82)64(81)57(50-88-71-68(85)66(83)62(79)55(46-74)90-71)92-70(61)93-69-67(84)63(80)56(47-75)91-72(69)87-49-54(89-60(78)45-39-33-27-21-15-9-12-18-24-30-36-42-53(5)6)48-86-59(77)44-38-32-26-20-14-8-11-17-23-29-35-41-52(3)4/h51-57,61-72,74-75,79-85H,7-50H2,1-6H3,(H,73,76)/t54?,55-,56-,57-,61-,62+,63-,64-,65-,66+,67+,68-,69-,70+,71+,72+/m1/s1. The average molecular weight is 1330 g/mol. The number of nitrogens with one attached hydrogen (secondary N) is 1. The average Bonchev–Trinajstić information content (AvgIpc) is 0.994. The van der Waals surface area contributed by atoms with Crippen molar-refractivity contribution < 1.29 is 98.2 Å². The van der Waals surface area contributed by atoms with Gasteiger partial charge >= 0.3 is 11.9 Å². The highest BCUT2D eigenvalue weighted by Gasteiger charge is 2.53. The number of aliphatic hydroxyl groups is 9. The van der Waals surface area contributed by atoms with Gasteiger partial charge in [0.2, 0.25) is 5.91 Å². The van der Waals surface area contributed by atoms with E-state index in [1.165, 1.54) is 128 Å². The normalized spacial score (nSPS) is 27.1. The molecule has 0 saturated carbocycles. The molecule has 16 atom stereocenters. The lowest BCUT2D eigenvalue weighted by Gasteiger charge is -2.47. The Morgan fingerprint density at radius 3 is 1.17 bits per heavy atom. The number of amides is 1. The number of aliphatic hydroxyl groups excluding tert-OH is 9. The molecule has 21 heteroatoms. The summed E-state index contributed by atoms with van der Waals surface area (Å²) in [6.07, 6.45) is 15.5. The van der Waals surface area contributed by atoms with Gasteiger partial charge in [-0.05, 0) is 37.0 Å². The first-order chi connectivity index (χ1) is 44.8. The van der Waals surface area contributed by atoms with Gasteiger partial charge in [-0.3, -0.25) is 14.4 Å². The van der Waals surface area contributed by atoms with Crippen LogP contribution in [-0.2, 0) is 52.3 Å². The van der Waals surface area contributed by atoms with Gasteiger partial charge < -0.3 is 89.2 Å². The summed E-state index contributed by atoms with van der Waals surface area (Å²) in [6.45, 7) is 10.5. The van der Waals surface area contributed by atoms with Crippen LogP contribution in [-0.4, -0.2) is 195 Å². The van der Waals surface area contributed by atoms with E-state index in [1.807, 2.05) is 0 Å². The molecule has 0 aromatic rings. The molecule has 10 N–H and O–H groups in total. The second-order valence-electron chi connectivity index (χ2n) is 28.5. The highest BCUT2D eigenvalue weighted by Crippen LogP contribution is 2.32. The Balaban J connectivity index is 1.72. The highest BCUT2D eigenvalue weighted by atomic mass is 16.8. The van der Waals surface area contributed by atoms with Crippen LogP contribution in [0.2, 0.25) is 0 Å². The first kappa shape index (κ1) is 85.0. The summed E-state index contributed by atoms with van der Waals surface area (Å²) in [5, 5.41) is 101. The van der Waals surface area contributed by atoms with Crippen LogP contribution in [0.15, 0.2) is 0 Å². The van der Waals surface area contributed by atoms with E-state index in [1.54, 1.807) is 0 Å². The van der Waals surface area contributed by atoms with E-state index in [0.717, 1.165) is 101 Å². The summed E-state index contributed by atoms with van der Waals surface area (Å²) < 4.78 is 47.6. The third-order valence-electron chi connectivity index (χ3n) is 18.6. The number of esters is 2. The molecule has 3 aliphatic heterocycles. The minimum absolute atomic E-state index is 0.0481. The highest BCUT2D eigenvalue weighted by molar-refractivity contribution is 5.76. The summed E-state index contributed by atoms with van der Waals surface area (Å²) >= 11 is 0. The molecule has 548 valence electrons. The van der Waals surface area contributed by atoms with Crippen LogP contribution < -0.4 is 5.32 Å². The van der Waals surface area contributed by atoms with Crippen LogP contribution in [0.5, 0.6) is 0 Å². The Kier molecular flexibility index (Phi) is 47.5. The van der Waals surface area contributed by atoms with Gasteiger partial charge in [-0.2, -0.15) is 0 Å². The van der Waals surface area contributed by atoms with Crippen molar-refractivity contribution >= 4 is 17.8 Å². The van der Waals surface area contributed by atoms with E-state index < -0.39 is 142 Å². The van der Waals surface area contributed by atoms with Crippen LogP contribution in [0.25, 0.3) is 0 Å². The van der Waals surface area contributed by atoms with E-state index in [4.69, 9.17) is 37.9 Å². The molecular weight excluding hydrogens is 1200 g/mol. The number of hydrogen-bond acceptors (Lipinski definition) is 20. The van der Waals surface area contributed by atoms with Crippen molar-refractivity contribution in [3.8, 4) is 0 Å². The van der Waals surface area contributed by atoms with Crippen LogP contribution in [0.1, 0.15) is 292 Å². The summed E-state index contributed by atoms with van der Waals surface area (Å²) in [5.74, 6) is 0.711. The zero-order valence-corrected chi connectivity index (χ0v) is 58.6. The van der Waals surface area contributed by atoms with E-state index >= 15 is 0 Å². The van der Waals surface area contributed by atoms with Gasteiger partial charge in [0.1, 0.15) is 79.8 Å². The molecule has 0 aliphatic carbocycles. The summed E-state index contributed by atoms with van der Waals surface area (Å²) in [5.41, 5.74) is 0. The van der Waals surface area contributed by atoms with Gasteiger partial charge in [-0.25, -0.2) is 0 Å². The quantitative estimate of drug-likeness (QED) is 0.0200. The molecule has 0 radical (unpaired) electrons.